The van der Waals surface area contributed by atoms with E-state index >= 15 is 0 Å². The second kappa shape index (κ2) is 13.6. The molecule has 0 fully saturated rings. The third-order valence-electron chi connectivity index (χ3n) is 5.59. The molecule has 1 atom stereocenters. The summed E-state index contributed by atoms with van der Waals surface area (Å²) in [6.07, 6.45) is 0.823. The number of nitrogens with zero attached hydrogens (tertiary/aromatic N) is 2. The monoisotopic (exact) mass is 586 g/mol. The number of hydrogen-bond acceptors (Lipinski definition) is 6. The number of anilines is 1. The molecule has 0 unspecified atom stereocenters. The summed E-state index contributed by atoms with van der Waals surface area (Å²) in [5.74, 6) is -0.971. The maximum atomic E-state index is 13.7. The number of halogens is 3. The van der Waals surface area contributed by atoms with E-state index in [0.717, 1.165) is 0 Å². The largest absolute Gasteiger partial charge is 0.469 e. The van der Waals surface area contributed by atoms with Crippen LogP contribution < -0.4 is 10.6 Å². The lowest BCUT2D eigenvalue weighted by Gasteiger charge is -2.28. The zero-order valence-corrected chi connectivity index (χ0v) is 22.3. The number of rotatable bonds is 11. The highest BCUT2D eigenvalue weighted by molar-refractivity contribution is 7.46. The number of benzene rings is 2. The average molecular weight is 587 g/mol. The summed E-state index contributed by atoms with van der Waals surface area (Å²) >= 11 is 5.93. The second-order valence-corrected chi connectivity index (χ2v) is 10.0. The van der Waals surface area contributed by atoms with E-state index in [1.807, 2.05) is 0 Å². The quantitative estimate of drug-likeness (QED) is 0.185. The molecular weight excluding hydrogens is 561 g/mol. The fourth-order valence-corrected chi connectivity index (χ4v) is 4.09. The first-order valence-electron chi connectivity index (χ1n) is 11.6. The van der Waals surface area contributed by atoms with Crippen molar-refractivity contribution < 1.29 is 42.0 Å². The molecule has 210 valence electrons. The van der Waals surface area contributed by atoms with Crippen molar-refractivity contribution in [1.29, 1.82) is 0 Å². The Hall–Kier alpha value is -3.35. The van der Waals surface area contributed by atoms with E-state index in [1.54, 1.807) is 12.1 Å². The van der Waals surface area contributed by atoms with Crippen molar-refractivity contribution in [1.82, 2.24) is 15.2 Å². The van der Waals surface area contributed by atoms with E-state index in [1.165, 1.54) is 48.5 Å². The van der Waals surface area contributed by atoms with Gasteiger partial charge in [0.1, 0.15) is 24.1 Å². The summed E-state index contributed by atoms with van der Waals surface area (Å²) in [6.45, 7) is -0.684. The van der Waals surface area contributed by atoms with E-state index < -0.39 is 37.6 Å². The number of likely N-dealkylation sites (N-methyl/N-ethyl adjacent to an activating group) is 1. The van der Waals surface area contributed by atoms with Gasteiger partial charge in [-0.15, -0.1) is 0 Å². The average Bonchev–Trinajstić information content (AvgIpc) is 2.87. The topological polar surface area (TPSA) is 150 Å². The van der Waals surface area contributed by atoms with Crippen molar-refractivity contribution in [3.05, 3.63) is 70.9 Å². The van der Waals surface area contributed by atoms with Crippen molar-refractivity contribution in [3.63, 3.8) is 0 Å². The lowest BCUT2D eigenvalue weighted by atomic mass is 10.1. The Bertz CT molecular complexity index is 1380. The summed E-state index contributed by atoms with van der Waals surface area (Å²) in [6, 6.07) is 8.43. The van der Waals surface area contributed by atoms with Crippen LogP contribution in [0.2, 0.25) is 5.02 Å². The van der Waals surface area contributed by atoms with Gasteiger partial charge in [-0.2, -0.15) is 0 Å². The van der Waals surface area contributed by atoms with Crippen LogP contribution in [0.15, 0.2) is 48.7 Å². The van der Waals surface area contributed by atoms with E-state index in [0.29, 0.717) is 16.3 Å². The number of nitrogens with one attached hydrogen (secondary N) is 2. The van der Waals surface area contributed by atoms with Gasteiger partial charge in [-0.05, 0) is 54.1 Å². The number of hydrogen-bond donors (Lipinski definition) is 4. The van der Waals surface area contributed by atoms with Crippen LogP contribution in [0.4, 0.5) is 24.2 Å². The van der Waals surface area contributed by atoms with Crippen LogP contribution in [0, 0.1) is 11.6 Å². The third-order valence-corrected chi connectivity index (χ3v) is 6.53. The minimum atomic E-state index is -4.67. The number of aromatic nitrogens is 1. The van der Waals surface area contributed by atoms with Gasteiger partial charge in [-0.1, -0.05) is 23.7 Å². The van der Waals surface area contributed by atoms with Gasteiger partial charge in [-0.25, -0.2) is 27.9 Å². The van der Waals surface area contributed by atoms with Crippen LogP contribution in [-0.4, -0.2) is 58.1 Å². The summed E-state index contributed by atoms with van der Waals surface area (Å²) in [5, 5.41) is 6.08. The van der Waals surface area contributed by atoms with E-state index in [-0.39, 0.29) is 43.4 Å². The van der Waals surface area contributed by atoms with Crippen LogP contribution in [0.1, 0.15) is 18.4 Å². The number of carbonyl (C=O) groups excluding carboxylic acids is 2. The van der Waals surface area contributed by atoms with Crippen molar-refractivity contribution in [3.8, 4) is 0 Å². The molecule has 39 heavy (non-hydrogen) atoms. The summed E-state index contributed by atoms with van der Waals surface area (Å²) < 4.78 is 47.8. The summed E-state index contributed by atoms with van der Waals surface area (Å²) in [4.78, 5) is 48.2. The van der Waals surface area contributed by atoms with Crippen LogP contribution in [0.25, 0.3) is 10.8 Å². The van der Waals surface area contributed by atoms with Crippen LogP contribution in [-0.2, 0) is 20.4 Å². The smallest absolute Gasteiger partial charge is 0.447 e. The fraction of sp³-hybridized carbons (Fsp3) is 0.292. The number of phosphoric ester groups is 1. The molecule has 15 heteroatoms. The molecule has 0 bridgehead atoms. The highest BCUT2D eigenvalue weighted by Gasteiger charge is 2.23. The van der Waals surface area contributed by atoms with Crippen molar-refractivity contribution >= 4 is 48.1 Å². The molecule has 0 saturated carbocycles. The van der Waals surface area contributed by atoms with Gasteiger partial charge >= 0.3 is 19.9 Å². The highest BCUT2D eigenvalue weighted by Crippen LogP contribution is 2.35. The number of carbonyl (C=O) groups is 2. The number of ether oxygens (including phenoxy) is 1. The first kappa shape index (κ1) is 30.2. The van der Waals surface area contributed by atoms with E-state index in [4.69, 9.17) is 26.1 Å². The normalized spacial score (nSPS) is 12.2. The molecule has 11 nitrogen and oxygen atoms in total. The van der Waals surface area contributed by atoms with Crippen molar-refractivity contribution in [2.45, 2.75) is 25.4 Å². The van der Waals surface area contributed by atoms with Crippen LogP contribution in [0.3, 0.4) is 0 Å². The van der Waals surface area contributed by atoms with Gasteiger partial charge in [0.05, 0.1) is 17.7 Å². The van der Waals surface area contributed by atoms with Crippen molar-refractivity contribution in [2.24, 2.45) is 0 Å². The summed E-state index contributed by atoms with van der Waals surface area (Å²) in [7, 11) is -3.25. The molecular formula is C24H26ClF2N4O7P. The Morgan fingerprint density at radius 1 is 1.18 bits per heavy atom. The first-order valence-corrected chi connectivity index (χ1v) is 13.5. The van der Waals surface area contributed by atoms with E-state index in [9.17, 15) is 22.9 Å². The molecule has 4 N–H and O–H groups in total. The number of phosphoric acid groups is 1. The van der Waals surface area contributed by atoms with Crippen LogP contribution in [0.5, 0.6) is 0 Å². The molecule has 0 radical (unpaired) electrons. The Labute approximate surface area is 227 Å². The molecule has 2 aromatic carbocycles. The second-order valence-electron chi connectivity index (χ2n) is 8.39. The van der Waals surface area contributed by atoms with Gasteiger partial charge < -0.3 is 24.7 Å². The molecule has 1 heterocycles. The maximum Gasteiger partial charge on any atom is 0.469 e. The van der Waals surface area contributed by atoms with Crippen molar-refractivity contribution in [2.75, 3.05) is 25.6 Å². The Balaban J connectivity index is 1.61. The molecule has 0 saturated heterocycles. The number of amides is 3. The fourth-order valence-electron chi connectivity index (χ4n) is 3.53. The third kappa shape index (κ3) is 9.41. The highest BCUT2D eigenvalue weighted by atomic mass is 35.5. The lowest BCUT2D eigenvalue weighted by molar-refractivity contribution is 0.109. The minimum Gasteiger partial charge on any atom is -0.447 e. The van der Waals surface area contributed by atoms with Crippen LogP contribution >= 0.6 is 19.4 Å². The Morgan fingerprint density at radius 2 is 1.95 bits per heavy atom. The van der Waals surface area contributed by atoms with Gasteiger partial charge in [-0.3, -0.25) is 9.84 Å². The standard InChI is InChI=1S/C24H26ClF2N4O7P/c1-31(23(32)29-13-16-4-2-6-20(27)22(16)25)19(5-3-9-38-39(34,35)36)14-37-24(33)30-21-11-17-10-18(26)8-7-15(17)12-28-21/h2,4,6-8,10-12,19H,3,5,9,13-14H2,1H3,(H,29,32)(H,28,30,33)(H2,34,35,36)/t19-/m0/s1. The molecule has 0 aliphatic rings. The maximum absolute atomic E-state index is 13.7. The SMILES string of the molecule is CN(C(=O)NCc1cccc(F)c1Cl)[C@@H](CCCOP(=O)(O)O)COC(=O)Nc1cc2cc(F)ccc2cn1. The molecule has 3 rings (SSSR count). The van der Waals surface area contributed by atoms with Gasteiger partial charge in [0.25, 0.3) is 0 Å². The minimum absolute atomic E-state index is 0.0800. The molecule has 1 aromatic heterocycles. The Morgan fingerprint density at radius 3 is 2.69 bits per heavy atom. The molecule has 0 aliphatic carbocycles. The molecule has 3 aromatic rings. The molecule has 0 aliphatic heterocycles. The first-order chi connectivity index (χ1) is 18.4. The van der Waals surface area contributed by atoms with E-state index in [2.05, 4.69) is 20.1 Å². The van der Waals surface area contributed by atoms with Gasteiger partial charge in [0.15, 0.2) is 0 Å². The molecule has 0 spiro atoms. The predicted octanol–water partition coefficient (Wildman–Crippen LogP) is 4.81. The Kier molecular flexibility index (Phi) is 10.6. The summed E-state index contributed by atoms with van der Waals surface area (Å²) in [5.41, 5.74) is 0.350. The number of fused-ring (bicyclic) bond motifs is 1. The van der Waals surface area contributed by atoms with Gasteiger partial charge in [0.2, 0.25) is 0 Å². The number of urea groups is 1. The molecule has 3 amide bonds. The number of pyridine rings is 1. The van der Waals surface area contributed by atoms with Gasteiger partial charge in [0, 0.05) is 25.2 Å². The lowest BCUT2D eigenvalue weighted by Crippen LogP contribution is -2.46. The predicted molar refractivity (Wildman–Crippen MR) is 139 cm³/mol. The zero-order valence-electron chi connectivity index (χ0n) is 20.6. The zero-order chi connectivity index (χ0) is 28.6.